The number of aryl methyl sites for hydroxylation is 1. The minimum atomic E-state index is -1.61. The Hall–Kier alpha value is -4.51. The molecule has 0 aliphatic carbocycles. The van der Waals surface area contributed by atoms with Crippen molar-refractivity contribution < 1.29 is 19.4 Å². The number of esters is 1. The molecule has 0 fully saturated rings. The predicted octanol–water partition coefficient (Wildman–Crippen LogP) is 5.70. The first-order valence-corrected chi connectivity index (χ1v) is 14.2. The van der Waals surface area contributed by atoms with E-state index in [9.17, 15) is 14.7 Å². The second-order valence-electron chi connectivity index (χ2n) is 9.68. The molecule has 12 heteroatoms. The van der Waals surface area contributed by atoms with Gasteiger partial charge in [0, 0.05) is 34.6 Å². The summed E-state index contributed by atoms with van der Waals surface area (Å²) in [6.45, 7) is 2.07. The van der Waals surface area contributed by atoms with Crippen LogP contribution in [-0.4, -0.2) is 49.8 Å². The van der Waals surface area contributed by atoms with E-state index in [1.54, 1.807) is 85.7 Å². The number of aliphatic hydroxyl groups is 1. The number of imidazole rings is 1. The van der Waals surface area contributed by atoms with Gasteiger partial charge < -0.3 is 19.7 Å². The third-order valence-electron chi connectivity index (χ3n) is 6.81. The number of rotatable bonds is 9. The molecule has 0 bridgehead atoms. The predicted molar refractivity (Wildman–Crippen MR) is 165 cm³/mol. The van der Waals surface area contributed by atoms with Crippen molar-refractivity contribution in [2.75, 3.05) is 18.5 Å². The molecule has 0 aliphatic heterocycles. The van der Waals surface area contributed by atoms with Gasteiger partial charge in [-0.1, -0.05) is 53.5 Å². The first kappa shape index (κ1) is 30.0. The van der Waals surface area contributed by atoms with Crippen LogP contribution in [0.1, 0.15) is 30.2 Å². The summed E-state index contributed by atoms with van der Waals surface area (Å²) in [4.78, 5) is 37.7. The van der Waals surface area contributed by atoms with Gasteiger partial charge in [0.25, 0.3) is 0 Å². The fraction of sp³-hybridized carbons (Fsp3) is 0.194. The molecule has 10 nitrogen and oxygen atoms in total. The number of halogens is 2. The second kappa shape index (κ2) is 12.8. The molecule has 43 heavy (non-hydrogen) atoms. The van der Waals surface area contributed by atoms with E-state index in [2.05, 4.69) is 25.6 Å². The summed E-state index contributed by atoms with van der Waals surface area (Å²) in [5.74, 6) is -0.364. The van der Waals surface area contributed by atoms with E-state index < -0.39 is 17.6 Å². The van der Waals surface area contributed by atoms with Crippen LogP contribution < -0.4 is 10.6 Å². The zero-order valence-electron chi connectivity index (χ0n) is 23.3. The van der Waals surface area contributed by atoms with E-state index in [4.69, 9.17) is 27.9 Å². The fourth-order valence-corrected chi connectivity index (χ4v) is 5.10. The average molecular weight is 620 g/mol. The maximum absolute atomic E-state index is 12.6. The van der Waals surface area contributed by atoms with E-state index >= 15 is 0 Å². The molecular formula is C31H28Cl2N6O4. The van der Waals surface area contributed by atoms with E-state index in [0.717, 1.165) is 0 Å². The van der Waals surface area contributed by atoms with Gasteiger partial charge in [0.05, 0.1) is 42.5 Å². The maximum Gasteiger partial charge on any atom is 0.321 e. The third-order valence-corrected chi connectivity index (χ3v) is 7.29. The molecule has 3 N–H and O–H groups in total. The molecule has 0 aliphatic rings. The van der Waals surface area contributed by atoms with Crippen LogP contribution in [0.5, 0.6) is 0 Å². The highest BCUT2D eigenvalue weighted by Crippen LogP contribution is 2.39. The Bertz CT molecular complexity index is 1790. The first-order chi connectivity index (χ1) is 20.7. The van der Waals surface area contributed by atoms with Crippen molar-refractivity contribution in [3.8, 4) is 11.3 Å². The number of ether oxygens (including phenoxy) is 1. The Morgan fingerprint density at radius 3 is 2.47 bits per heavy atom. The molecule has 5 aromatic rings. The number of aromatic nitrogens is 4. The van der Waals surface area contributed by atoms with Gasteiger partial charge in [-0.15, -0.1) is 0 Å². The minimum absolute atomic E-state index is 0.0313. The number of fused-ring (bicyclic) bond motifs is 1. The Morgan fingerprint density at radius 1 is 1.00 bits per heavy atom. The molecule has 0 radical (unpaired) electrons. The normalized spacial score (nSPS) is 12.5. The van der Waals surface area contributed by atoms with Crippen molar-refractivity contribution in [3.05, 3.63) is 106 Å². The number of carbonyl (C=O) groups is 2. The van der Waals surface area contributed by atoms with Crippen molar-refractivity contribution in [3.63, 3.8) is 0 Å². The highest BCUT2D eigenvalue weighted by atomic mass is 35.5. The Balaban J connectivity index is 1.59. The number of hydrogen-bond donors (Lipinski definition) is 3. The van der Waals surface area contributed by atoms with Crippen molar-refractivity contribution in [2.24, 2.45) is 7.05 Å². The van der Waals surface area contributed by atoms with Gasteiger partial charge in [-0.25, -0.2) is 19.7 Å². The van der Waals surface area contributed by atoms with Crippen molar-refractivity contribution in [1.82, 2.24) is 24.8 Å². The monoisotopic (exact) mass is 618 g/mol. The number of carbonyl (C=O) groups excluding carboxylic acids is 2. The van der Waals surface area contributed by atoms with Gasteiger partial charge in [-0.2, -0.15) is 0 Å². The van der Waals surface area contributed by atoms with Crippen LogP contribution in [0.2, 0.25) is 10.0 Å². The van der Waals surface area contributed by atoms with E-state index in [-0.39, 0.29) is 25.5 Å². The lowest BCUT2D eigenvalue weighted by Crippen LogP contribution is -2.31. The summed E-state index contributed by atoms with van der Waals surface area (Å²) in [5, 5.41) is 19.3. The van der Waals surface area contributed by atoms with E-state index in [1.165, 1.54) is 0 Å². The van der Waals surface area contributed by atoms with E-state index in [0.29, 0.717) is 49.0 Å². The molecule has 0 saturated heterocycles. The number of urea groups is 1. The number of anilines is 1. The van der Waals surface area contributed by atoms with Gasteiger partial charge in [0.15, 0.2) is 5.60 Å². The molecular weight excluding hydrogens is 591 g/mol. The Morgan fingerprint density at radius 2 is 1.77 bits per heavy atom. The van der Waals surface area contributed by atoms with Gasteiger partial charge >= 0.3 is 12.0 Å². The number of benzene rings is 3. The van der Waals surface area contributed by atoms with Crippen LogP contribution >= 0.6 is 23.2 Å². The summed E-state index contributed by atoms with van der Waals surface area (Å²) < 4.78 is 6.64. The van der Waals surface area contributed by atoms with Gasteiger partial charge in [0.2, 0.25) is 5.95 Å². The lowest BCUT2D eigenvalue weighted by molar-refractivity contribution is -0.142. The topological polar surface area (TPSA) is 131 Å². The fourth-order valence-electron chi connectivity index (χ4n) is 4.78. The minimum Gasteiger partial charge on any atom is -0.466 e. The van der Waals surface area contributed by atoms with Crippen molar-refractivity contribution >= 4 is 52.1 Å². The largest absolute Gasteiger partial charge is 0.466 e. The lowest BCUT2D eigenvalue weighted by Gasteiger charge is -2.30. The molecule has 0 saturated carbocycles. The highest BCUT2D eigenvalue weighted by molar-refractivity contribution is 6.31. The zero-order valence-corrected chi connectivity index (χ0v) is 24.9. The number of hydrogen-bond acceptors (Lipinski definition) is 7. The molecule has 2 amide bonds. The molecule has 1 unspecified atom stereocenters. The number of amides is 2. The SMILES string of the molecule is CCOC(=O)CCNC(=O)Nc1nc(-c2cccc(Cl)c2)c2cc(C(O)(c3ccc(Cl)cc3)c3cncn3C)ccc2n1. The van der Waals surface area contributed by atoms with Crippen LogP contribution in [0.4, 0.5) is 10.7 Å². The standard InChI is InChI=1S/C31H28Cl2N6O4/c1-3-43-27(40)13-14-35-30(41)38-29-36-25-12-9-21(16-24(25)28(37-29)19-5-4-6-23(33)15-19)31(42,26-17-34-18-39(26)2)20-7-10-22(32)11-8-20/h4-12,15-18,42H,3,13-14H2,1-2H3,(H2,35,36,37,38,41). The Labute approximate surface area is 257 Å². The van der Waals surface area contributed by atoms with Gasteiger partial charge in [-0.05, 0) is 54.4 Å². The van der Waals surface area contributed by atoms with Crippen LogP contribution in [0.15, 0.2) is 79.3 Å². The smallest absolute Gasteiger partial charge is 0.321 e. The summed E-state index contributed by atoms with van der Waals surface area (Å²) >= 11 is 12.5. The lowest BCUT2D eigenvalue weighted by atomic mass is 9.83. The second-order valence-corrected chi connectivity index (χ2v) is 10.6. The molecule has 3 aromatic carbocycles. The molecule has 2 aromatic heterocycles. The van der Waals surface area contributed by atoms with Crippen LogP contribution in [0.3, 0.4) is 0 Å². The van der Waals surface area contributed by atoms with E-state index in [1.807, 2.05) is 12.1 Å². The Kier molecular flexibility index (Phi) is 8.91. The highest BCUT2D eigenvalue weighted by Gasteiger charge is 2.37. The van der Waals surface area contributed by atoms with Gasteiger partial charge in [0.1, 0.15) is 0 Å². The van der Waals surface area contributed by atoms with Crippen molar-refractivity contribution in [2.45, 2.75) is 18.9 Å². The third kappa shape index (κ3) is 6.46. The molecule has 0 spiro atoms. The number of nitrogens with one attached hydrogen (secondary N) is 2. The molecule has 5 rings (SSSR count). The van der Waals surface area contributed by atoms with Crippen LogP contribution in [-0.2, 0) is 22.2 Å². The maximum atomic E-state index is 12.6. The zero-order chi connectivity index (χ0) is 30.6. The summed E-state index contributed by atoms with van der Waals surface area (Å²) in [5.41, 5.74) is 1.73. The summed E-state index contributed by atoms with van der Waals surface area (Å²) in [6, 6.07) is 18.9. The number of nitrogens with zero attached hydrogens (tertiary/aromatic N) is 4. The summed E-state index contributed by atoms with van der Waals surface area (Å²) in [6.07, 6.45) is 3.26. The summed E-state index contributed by atoms with van der Waals surface area (Å²) in [7, 11) is 1.81. The molecule has 220 valence electrons. The molecule has 1 atom stereocenters. The van der Waals surface area contributed by atoms with Crippen molar-refractivity contribution in [1.29, 1.82) is 0 Å². The van der Waals surface area contributed by atoms with Crippen LogP contribution in [0, 0.1) is 0 Å². The van der Waals surface area contributed by atoms with Gasteiger partial charge in [-0.3, -0.25) is 10.1 Å². The van der Waals surface area contributed by atoms with Crippen LogP contribution in [0.25, 0.3) is 22.2 Å². The quantitative estimate of drug-likeness (QED) is 0.181. The molecule has 2 heterocycles. The first-order valence-electron chi connectivity index (χ1n) is 13.4. The average Bonchev–Trinajstić information content (AvgIpc) is 3.43.